The maximum atomic E-state index is 5.85. The van der Waals surface area contributed by atoms with Gasteiger partial charge in [-0.25, -0.2) is 14.2 Å². The topological polar surface area (TPSA) is 103 Å². The van der Waals surface area contributed by atoms with Gasteiger partial charge in [-0.2, -0.15) is 5.10 Å². The number of hydrogen-bond donors (Lipinski definition) is 2. The fourth-order valence-corrected chi connectivity index (χ4v) is 4.02. The standard InChI is InChI=1S/C22H20N8O2/c1-23-21-14-11-26-15(13-12-27-29-6-3-4-25-22(13)29)8-17(14)30(28-21)18-10-19-16(9-20(18)31-2)24-5-7-32-19/h3-4,6,8-12,24H,5,7H2,1-2H3,(H,23,28). The second-order valence-corrected chi connectivity index (χ2v) is 7.34. The van der Waals surface area contributed by atoms with Crippen molar-refractivity contribution in [3.8, 4) is 28.4 Å². The second-order valence-electron chi connectivity index (χ2n) is 7.34. The molecule has 1 aliphatic heterocycles. The largest absolute Gasteiger partial charge is 0.494 e. The first kappa shape index (κ1) is 18.4. The summed E-state index contributed by atoms with van der Waals surface area (Å²) in [5.74, 6) is 2.17. The van der Waals surface area contributed by atoms with Crippen LogP contribution >= 0.6 is 0 Å². The molecule has 0 spiro atoms. The highest BCUT2D eigenvalue weighted by molar-refractivity contribution is 5.94. The molecule has 0 unspecified atom stereocenters. The molecule has 6 rings (SSSR count). The van der Waals surface area contributed by atoms with Crippen LogP contribution in [0.2, 0.25) is 0 Å². The average molecular weight is 428 g/mol. The van der Waals surface area contributed by atoms with E-state index < -0.39 is 0 Å². The van der Waals surface area contributed by atoms with Gasteiger partial charge in [0.2, 0.25) is 0 Å². The number of pyridine rings is 1. The van der Waals surface area contributed by atoms with E-state index in [-0.39, 0.29) is 0 Å². The number of methoxy groups -OCH3 is 1. The maximum absolute atomic E-state index is 5.85. The predicted octanol–water partition coefficient (Wildman–Crippen LogP) is 2.98. The molecule has 10 nitrogen and oxygen atoms in total. The van der Waals surface area contributed by atoms with Gasteiger partial charge in [0.15, 0.2) is 11.5 Å². The number of ether oxygens (including phenoxy) is 2. The third-order valence-corrected chi connectivity index (χ3v) is 5.54. The van der Waals surface area contributed by atoms with Gasteiger partial charge in [0.25, 0.3) is 0 Å². The number of nitrogens with one attached hydrogen (secondary N) is 2. The van der Waals surface area contributed by atoms with E-state index in [9.17, 15) is 0 Å². The molecule has 1 aromatic carbocycles. The third-order valence-electron chi connectivity index (χ3n) is 5.54. The molecule has 5 aromatic rings. The summed E-state index contributed by atoms with van der Waals surface area (Å²) >= 11 is 0. The van der Waals surface area contributed by atoms with Crippen molar-refractivity contribution in [2.45, 2.75) is 0 Å². The second kappa shape index (κ2) is 7.12. The Balaban J connectivity index is 1.59. The number of nitrogens with zero attached hydrogens (tertiary/aromatic N) is 6. The zero-order chi connectivity index (χ0) is 21.7. The predicted molar refractivity (Wildman–Crippen MR) is 121 cm³/mol. The van der Waals surface area contributed by atoms with E-state index >= 15 is 0 Å². The van der Waals surface area contributed by atoms with Gasteiger partial charge in [-0.05, 0) is 12.1 Å². The number of aromatic nitrogens is 6. The van der Waals surface area contributed by atoms with Gasteiger partial charge in [-0.3, -0.25) is 4.98 Å². The lowest BCUT2D eigenvalue weighted by atomic mass is 10.1. The molecule has 0 saturated carbocycles. The first-order chi connectivity index (χ1) is 15.8. The van der Waals surface area contributed by atoms with E-state index in [4.69, 9.17) is 14.6 Å². The van der Waals surface area contributed by atoms with Gasteiger partial charge >= 0.3 is 0 Å². The molecule has 0 atom stereocenters. The molecule has 10 heteroatoms. The maximum Gasteiger partial charge on any atom is 0.164 e. The van der Waals surface area contributed by atoms with Gasteiger partial charge in [0.05, 0.1) is 41.2 Å². The Hall–Kier alpha value is -4.34. The lowest BCUT2D eigenvalue weighted by Gasteiger charge is -2.21. The van der Waals surface area contributed by atoms with Crippen LogP contribution in [0.1, 0.15) is 0 Å². The van der Waals surface area contributed by atoms with E-state index in [0.717, 1.165) is 57.3 Å². The van der Waals surface area contributed by atoms with Gasteiger partial charge < -0.3 is 20.1 Å². The number of benzene rings is 1. The molecule has 5 heterocycles. The van der Waals surface area contributed by atoms with Crippen molar-refractivity contribution in [1.82, 2.24) is 29.4 Å². The minimum Gasteiger partial charge on any atom is -0.494 e. The number of anilines is 2. The summed E-state index contributed by atoms with van der Waals surface area (Å²) in [6.07, 6.45) is 7.19. The van der Waals surface area contributed by atoms with Crippen molar-refractivity contribution in [3.63, 3.8) is 0 Å². The molecule has 0 aliphatic carbocycles. The Morgan fingerprint density at radius 3 is 3.00 bits per heavy atom. The Morgan fingerprint density at radius 2 is 2.12 bits per heavy atom. The van der Waals surface area contributed by atoms with Crippen molar-refractivity contribution < 1.29 is 9.47 Å². The van der Waals surface area contributed by atoms with E-state index in [0.29, 0.717) is 12.4 Å². The van der Waals surface area contributed by atoms with Crippen LogP contribution in [-0.2, 0) is 0 Å². The van der Waals surface area contributed by atoms with Crippen LogP contribution in [0.15, 0.2) is 49.1 Å². The van der Waals surface area contributed by atoms with Gasteiger partial charge in [-0.1, -0.05) is 0 Å². The van der Waals surface area contributed by atoms with Crippen molar-refractivity contribution in [2.24, 2.45) is 0 Å². The summed E-state index contributed by atoms with van der Waals surface area (Å²) in [6.45, 7) is 1.36. The third kappa shape index (κ3) is 2.73. The minimum absolute atomic E-state index is 0.607. The molecule has 32 heavy (non-hydrogen) atoms. The number of rotatable bonds is 4. The van der Waals surface area contributed by atoms with E-state index in [2.05, 4.69) is 25.7 Å². The van der Waals surface area contributed by atoms with Crippen molar-refractivity contribution in [1.29, 1.82) is 0 Å². The molecule has 0 fully saturated rings. The molecule has 0 bridgehead atoms. The summed E-state index contributed by atoms with van der Waals surface area (Å²) < 4.78 is 15.1. The van der Waals surface area contributed by atoms with Gasteiger partial charge in [-0.15, -0.1) is 5.10 Å². The average Bonchev–Trinajstić information content (AvgIpc) is 3.44. The molecule has 1 aliphatic rings. The first-order valence-corrected chi connectivity index (χ1v) is 10.2. The highest BCUT2D eigenvalue weighted by atomic mass is 16.5. The first-order valence-electron chi connectivity index (χ1n) is 10.2. The monoisotopic (exact) mass is 428 g/mol. The molecule has 2 N–H and O–H groups in total. The molecule has 160 valence electrons. The van der Waals surface area contributed by atoms with Crippen LogP contribution in [0.4, 0.5) is 11.5 Å². The fraction of sp³-hybridized carbons (Fsp3) is 0.182. The van der Waals surface area contributed by atoms with Gasteiger partial charge in [0.1, 0.15) is 23.8 Å². The Morgan fingerprint density at radius 1 is 1.19 bits per heavy atom. The normalized spacial score (nSPS) is 12.9. The summed E-state index contributed by atoms with van der Waals surface area (Å²) in [6, 6.07) is 7.72. The van der Waals surface area contributed by atoms with Crippen molar-refractivity contribution in [3.05, 3.63) is 49.1 Å². The summed E-state index contributed by atoms with van der Waals surface area (Å²) in [5, 5.41) is 16.6. The molecule has 4 aromatic heterocycles. The Kier molecular flexibility index (Phi) is 4.10. The van der Waals surface area contributed by atoms with Crippen LogP contribution in [-0.4, -0.2) is 56.7 Å². The molecule has 0 saturated heterocycles. The lowest BCUT2D eigenvalue weighted by Crippen LogP contribution is -2.18. The molecule has 0 radical (unpaired) electrons. The Labute approximate surface area is 182 Å². The van der Waals surface area contributed by atoms with Crippen LogP contribution in [0.25, 0.3) is 33.5 Å². The van der Waals surface area contributed by atoms with E-state index in [1.54, 1.807) is 24.0 Å². The lowest BCUT2D eigenvalue weighted by molar-refractivity contribution is 0.322. The van der Waals surface area contributed by atoms with E-state index in [1.807, 2.05) is 48.4 Å². The van der Waals surface area contributed by atoms with E-state index in [1.165, 1.54) is 0 Å². The van der Waals surface area contributed by atoms with Crippen LogP contribution < -0.4 is 20.1 Å². The van der Waals surface area contributed by atoms with Crippen LogP contribution in [0.5, 0.6) is 11.5 Å². The highest BCUT2D eigenvalue weighted by Crippen LogP contribution is 2.39. The van der Waals surface area contributed by atoms with Crippen molar-refractivity contribution in [2.75, 3.05) is 37.9 Å². The summed E-state index contributed by atoms with van der Waals surface area (Å²) in [7, 11) is 3.49. The number of fused-ring (bicyclic) bond motifs is 3. The zero-order valence-corrected chi connectivity index (χ0v) is 17.5. The van der Waals surface area contributed by atoms with Crippen LogP contribution in [0, 0.1) is 0 Å². The molecular weight excluding hydrogens is 408 g/mol. The zero-order valence-electron chi connectivity index (χ0n) is 17.5. The SMILES string of the molecule is CNc1nn(-c2cc3c(cc2OC)NCCO3)c2cc(-c3cnn4cccnc34)ncc12. The smallest absolute Gasteiger partial charge is 0.164 e. The highest BCUT2D eigenvalue weighted by Gasteiger charge is 2.21. The quantitative estimate of drug-likeness (QED) is 0.450. The van der Waals surface area contributed by atoms with Crippen molar-refractivity contribution >= 4 is 28.1 Å². The summed E-state index contributed by atoms with van der Waals surface area (Å²) in [5.41, 5.74) is 4.89. The fourth-order valence-electron chi connectivity index (χ4n) is 4.02. The molecule has 0 amide bonds. The van der Waals surface area contributed by atoms with Crippen LogP contribution in [0.3, 0.4) is 0 Å². The number of hydrogen-bond acceptors (Lipinski definition) is 8. The molecular formula is C22H20N8O2. The minimum atomic E-state index is 0.607. The summed E-state index contributed by atoms with van der Waals surface area (Å²) in [4.78, 5) is 9.13. The Bertz CT molecular complexity index is 1470. The van der Waals surface area contributed by atoms with Gasteiger partial charge in [0, 0.05) is 44.3 Å².